The molecule has 1 rings (SSSR count). The summed E-state index contributed by atoms with van der Waals surface area (Å²) in [5, 5.41) is 0.0173. The summed E-state index contributed by atoms with van der Waals surface area (Å²) in [4.78, 5) is 24.1. The molecule has 0 unspecified atom stereocenters. The van der Waals surface area contributed by atoms with Gasteiger partial charge in [0.25, 0.3) is 5.56 Å². The van der Waals surface area contributed by atoms with Gasteiger partial charge in [0.15, 0.2) is 0 Å². The number of hydrogen-bond acceptors (Lipinski definition) is 2. The van der Waals surface area contributed by atoms with E-state index in [2.05, 4.69) is 11.6 Å². The Morgan fingerprint density at radius 3 is 2.92 bits per heavy atom. The zero-order valence-electron chi connectivity index (χ0n) is 6.92. The van der Waals surface area contributed by atoms with Crippen molar-refractivity contribution in [3.05, 3.63) is 44.7 Å². The Kier molecular flexibility index (Phi) is 3.08. The fourth-order valence-electron chi connectivity index (χ4n) is 0.879. The molecule has 0 amide bonds. The molecule has 0 saturated carbocycles. The van der Waals surface area contributed by atoms with E-state index >= 15 is 0 Å². The molecule has 4 nitrogen and oxygen atoms in total. The van der Waals surface area contributed by atoms with Gasteiger partial charge in [-0.3, -0.25) is 14.3 Å². The number of H-pyrrole nitrogens is 1. The third-order valence-electron chi connectivity index (χ3n) is 1.54. The Hall–Kier alpha value is -1.29. The van der Waals surface area contributed by atoms with Crippen molar-refractivity contribution in [1.82, 2.24) is 9.55 Å². The lowest BCUT2D eigenvalue weighted by atomic mass is 10.4. The second-order valence-electron chi connectivity index (χ2n) is 2.51. The number of aryl methyl sites for hydroxylation is 1. The highest BCUT2D eigenvalue weighted by Gasteiger charge is 2.00. The first kappa shape index (κ1) is 9.80. The van der Waals surface area contributed by atoms with Crippen LogP contribution in [-0.2, 0) is 6.54 Å². The monoisotopic (exact) mass is 200 g/mol. The van der Waals surface area contributed by atoms with E-state index in [4.69, 9.17) is 11.6 Å². The summed E-state index contributed by atoms with van der Waals surface area (Å²) in [5.41, 5.74) is -1.00. The van der Waals surface area contributed by atoms with Crippen LogP contribution in [0, 0.1) is 0 Å². The fraction of sp³-hybridized carbons (Fsp3) is 0.250. The van der Waals surface area contributed by atoms with E-state index < -0.39 is 11.2 Å². The van der Waals surface area contributed by atoms with Crippen molar-refractivity contribution >= 4 is 11.6 Å². The minimum atomic E-state index is -0.554. The van der Waals surface area contributed by atoms with Gasteiger partial charge in [0.05, 0.1) is 0 Å². The first-order valence-electron chi connectivity index (χ1n) is 3.75. The van der Waals surface area contributed by atoms with Gasteiger partial charge in [-0.2, -0.15) is 0 Å². The summed E-state index contributed by atoms with van der Waals surface area (Å²) in [6.07, 6.45) is 3.67. The largest absolute Gasteiger partial charge is 0.328 e. The fourth-order valence-corrected chi connectivity index (χ4v) is 1.04. The summed E-state index contributed by atoms with van der Waals surface area (Å²) in [7, 11) is 0. The van der Waals surface area contributed by atoms with E-state index in [1.54, 1.807) is 6.08 Å². The summed E-state index contributed by atoms with van der Waals surface area (Å²) < 4.78 is 1.34. The van der Waals surface area contributed by atoms with Crippen molar-refractivity contribution in [2.45, 2.75) is 13.0 Å². The van der Waals surface area contributed by atoms with E-state index in [9.17, 15) is 9.59 Å². The average molecular weight is 201 g/mol. The third kappa shape index (κ3) is 2.32. The smallest absolute Gasteiger partial charge is 0.299 e. The maximum absolute atomic E-state index is 11.1. The molecule has 5 heteroatoms. The molecule has 0 aromatic carbocycles. The number of halogens is 1. The average Bonchev–Trinajstić information content (AvgIpc) is 2.09. The van der Waals surface area contributed by atoms with Crippen molar-refractivity contribution < 1.29 is 0 Å². The Morgan fingerprint density at radius 1 is 1.62 bits per heavy atom. The molecule has 1 aromatic heterocycles. The topological polar surface area (TPSA) is 54.9 Å². The van der Waals surface area contributed by atoms with Crippen LogP contribution in [0.2, 0.25) is 5.02 Å². The van der Waals surface area contributed by atoms with Crippen molar-refractivity contribution in [2.75, 3.05) is 0 Å². The second-order valence-corrected chi connectivity index (χ2v) is 2.91. The first-order valence-corrected chi connectivity index (χ1v) is 4.13. The van der Waals surface area contributed by atoms with Gasteiger partial charge in [-0.05, 0) is 6.42 Å². The molecule has 0 aliphatic heterocycles. The third-order valence-corrected chi connectivity index (χ3v) is 1.81. The van der Waals surface area contributed by atoms with Gasteiger partial charge >= 0.3 is 5.69 Å². The van der Waals surface area contributed by atoms with Crippen LogP contribution < -0.4 is 11.2 Å². The molecule has 1 heterocycles. The number of aromatic amines is 1. The zero-order valence-corrected chi connectivity index (χ0v) is 7.67. The first-order chi connectivity index (χ1) is 6.15. The predicted molar refractivity (Wildman–Crippen MR) is 51.1 cm³/mol. The molecule has 1 aromatic rings. The SMILES string of the molecule is C=CCCn1cc(Cl)c(=O)[nH]c1=O. The summed E-state index contributed by atoms with van der Waals surface area (Å²) >= 11 is 5.54. The van der Waals surface area contributed by atoms with Crippen LogP contribution in [0.15, 0.2) is 28.4 Å². The Morgan fingerprint density at radius 2 is 2.31 bits per heavy atom. The van der Waals surface area contributed by atoms with Crippen molar-refractivity contribution in [2.24, 2.45) is 0 Å². The Labute approximate surface area is 79.5 Å². The normalized spacial score (nSPS) is 9.92. The van der Waals surface area contributed by atoms with Crippen LogP contribution in [0.3, 0.4) is 0 Å². The van der Waals surface area contributed by atoms with Gasteiger partial charge < -0.3 is 0 Å². The van der Waals surface area contributed by atoms with Gasteiger partial charge in [0.1, 0.15) is 5.02 Å². The van der Waals surface area contributed by atoms with E-state index in [0.29, 0.717) is 13.0 Å². The number of allylic oxidation sites excluding steroid dienone is 1. The molecular formula is C8H9ClN2O2. The van der Waals surface area contributed by atoms with E-state index in [-0.39, 0.29) is 5.02 Å². The van der Waals surface area contributed by atoms with Crippen LogP contribution >= 0.6 is 11.6 Å². The molecule has 0 fully saturated rings. The highest BCUT2D eigenvalue weighted by atomic mass is 35.5. The van der Waals surface area contributed by atoms with Crippen LogP contribution in [0.4, 0.5) is 0 Å². The van der Waals surface area contributed by atoms with Crippen molar-refractivity contribution in [3.8, 4) is 0 Å². The predicted octanol–water partition coefficient (Wildman–Crippen LogP) is 0.766. The number of nitrogens with one attached hydrogen (secondary N) is 1. The van der Waals surface area contributed by atoms with Gasteiger partial charge in [-0.1, -0.05) is 17.7 Å². The number of rotatable bonds is 3. The Bertz CT molecular complexity index is 419. The minimum absolute atomic E-state index is 0.0173. The molecule has 0 aliphatic rings. The van der Waals surface area contributed by atoms with E-state index in [0.717, 1.165) is 0 Å². The van der Waals surface area contributed by atoms with Gasteiger partial charge in [-0.25, -0.2) is 4.79 Å². The Balaban J connectivity index is 3.08. The molecular weight excluding hydrogens is 192 g/mol. The molecule has 0 radical (unpaired) electrons. The summed E-state index contributed by atoms with van der Waals surface area (Å²) in [5.74, 6) is 0. The number of aromatic nitrogens is 2. The molecule has 0 aliphatic carbocycles. The molecule has 0 spiro atoms. The molecule has 1 N–H and O–H groups in total. The molecule has 0 atom stereocenters. The second kappa shape index (κ2) is 4.09. The maximum atomic E-state index is 11.1. The maximum Gasteiger partial charge on any atom is 0.328 e. The van der Waals surface area contributed by atoms with Gasteiger partial charge in [0, 0.05) is 12.7 Å². The minimum Gasteiger partial charge on any atom is -0.299 e. The number of hydrogen-bond donors (Lipinski definition) is 1. The lowest BCUT2D eigenvalue weighted by molar-refractivity contribution is 0.655. The summed E-state index contributed by atoms with van der Waals surface area (Å²) in [6.45, 7) is 4.00. The number of nitrogens with zero attached hydrogens (tertiary/aromatic N) is 1. The van der Waals surface area contributed by atoms with Gasteiger partial charge in [0.2, 0.25) is 0 Å². The molecule has 13 heavy (non-hydrogen) atoms. The van der Waals surface area contributed by atoms with E-state index in [1.807, 2.05) is 0 Å². The lowest BCUT2D eigenvalue weighted by Gasteiger charge is -2.01. The van der Waals surface area contributed by atoms with Crippen molar-refractivity contribution in [1.29, 1.82) is 0 Å². The summed E-state index contributed by atoms with van der Waals surface area (Å²) in [6, 6.07) is 0. The molecule has 70 valence electrons. The molecule has 0 saturated heterocycles. The zero-order chi connectivity index (χ0) is 9.84. The lowest BCUT2D eigenvalue weighted by Crippen LogP contribution is -2.29. The van der Waals surface area contributed by atoms with Crippen LogP contribution in [-0.4, -0.2) is 9.55 Å². The highest BCUT2D eigenvalue weighted by molar-refractivity contribution is 6.30. The van der Waals surface area contributed by atoms with Gasteiger partial charge in [-0.15, -0.1) is 6.58 Å². The van der Waals surface area contributed by atoms with E-state index in [1.165, 1.54) is 10.8 Å². The van der Waals surface area contributed by atoms with Crippen molar-refractivity contribution in [3.63, 3.8) is 0 Å². The highest BCUT2D eigenvalue weighted by Crippen LogP contribution is 1.96. The molecule has 0 bridgehead atoms. The van der Waals surface area contributed by atoms with Crippen LogP contribution in [0.5, 0.6) is 0 Å². The van der Waals surface area contributed by atoms with Crippen LogP contribution in [0.25, 0.3) is 0 Å². The standard InChI is InChI=1S/C8H9ClN2O2/c1-2-3-4-11-5-6(9)7(12)10-8(11)13/h2,5H,1,3-4H2,(H,10,12,13). The van der Waals surface area contributed by atoms with Crippen LogP contribution in [0.1, 0.15) is 6.42 Å². The quantitative estimate of drug-likeness (QED) is 0.733.